The van der Waals surface area contributed by atoms with Gasteiger partial charge >= 0.3 is 12.1 Å². The smallest absolute Gasteiger partial charge is 0.475 e. The molecule has 3 rings (SSSR count). The van der Waals surface area contributed by atoms with Crippen molar-refractivity contribution in [2.24, 2.45) is 0 Å². The molecule has 0 unspecified atom stereocenters. The molecule has 160 valence electrons. The average molecular weight is 443 g/mol. The normalized spacial score (nSPS) is 11.5. The maximum Gasteiger partial charge on any atom is 0.490 e. The molecule has 0 amide bonds. The second-order valence-electron chi connectivity index (χ2n) is 5.78. The minimum atomic E-state index is -5.08. The van der Waals surface area contributed by atoms with Crippen molar-refractivity contribution in [3.63, 3.8) is 0 Å². The number of sulfonamides is 1. The van der Waals surface area contributed by atoms with Crippen LogP contribution in [-0.2, 0) is 21.4 Å². The third-order valence-electron chi connectivity index (χ3n) is 3.47. The van der Waals surface area contributed by atoms with Crippen LogP contribution in [-0.4, -0.2) is 45.8 Å². The largest absolute Gasteiger partial charge is 0.490 e. The molecular formula is C17H16F3N5O4S. The molecule has 0 aliphatic rings. The molecule has 0 spiro atoms. The highest BCUT2D eigenvalue weighted by molar-refractivity contribution is 7.89. The Kier molecular flexibility index (Phi) is 7.24. The molecular weight excluding hydrogens is 427 g/mol. The number of hydrogen-bond donors (Lipinski definition) is 3. The summed E-state index contributed by atoms with van der Waals surface area (Å²) < 4.78 is 58.7. The van der Waals surface area contributed by atoms with E-state index in [2.05, 4.69) is 24.9 Å². The average Bonchev–Trinajstić information content (AvgIpc) is 3.16. The van der Waals surface area contributed by atoms with E-state index in [0.29, 0.717) is 11.6 Å². The summed E-state index contributed by atoms with van der Waals surface area (Å²) in [6.07, 6.45) is -1.79. The summed E-state index contributed by atoms with van der Waals surface area (Å²) >= 11 is 0. The van der Waals surface area contributed by atoms with E-state index in [1.165, 1.54) is 0 Å². The van der Waals surface area contributed by atoms with E-state index < -0.39 is 22.2 Å². The lowest BCUT2D eigenvalue weighted by molar-refractivity contribution is -0.192. The molecule has 2 aromatic heterocycles. The van der Waals surface area contributed by atoms with Crippen LogP contribution in [0.25, 0.3) is 11.4 Å². The van der Waals surface area contributed by atoms with Crippen molar-refractivity contribution in [2.45, 2.75) is 24.5 Å². The molecule has 0 saturated heterocycles. The highest BCUT2D eigenvalue weighted by Gasteiger charge is 2.38. The Morgan fingerprint density at radius 2 is 1.70 bits per heavy atom. The summed E-state index contributed by atoms with van der Waals surface area (Å²) in [6.45, 7) is 1.94. The zero-order valence-corrected chi connectivity index (χ0v) is 16.2. The first kappa shape index (κ1) is 23.0. The van der Waals surface area contributed by atoms with Crippen LogP contribution in [0.5, 0.6) is 0 Å². The van der Waals surface area contributed by atoms with Gasteiger partial charge in [-0.2, -0.15) is 18.3 Å². The van der Waals surface area contributed by atoms with E-state index in [9.17, 15) is 21.6 Å². The number of H-pyrrole nitrogens is 1. The van der Waals surface area contributed by atoms with Crippen LogP contribution in [0.1, 0.15) is 11.4 Å². The topological polar surface area (TPSA) is 138 Å². The number of aromatic amines is 1. The predicted octanol–water partition coefficient (Wildman–Crippen LogP) is 2.29. The lowest BCUT2D eigenvalue weighted by Gasteiger charge is -2.05. The van der Waals surface area contributed by atoms with Crippen molar-refractivity contribution in [1.29, 1.82) is 0 Å². The van der Waals surface area contributed by atoms with Gasteiger partial charge in [0.15, 0.2) is 5.82 Å². The van der Waals surface area contributed by atoms with E-state index in [4.69, 9.17) is 9.90 Å². The summed E-state index contributed by atoms with van der Waals surface area (Å²) in [5, 5.41) is 13.9. The predicted molar refractivity (Wildman–Crippen MR) is 98.5 cm³/mol. The molecule has 0 aliphatic heterocycles. The highest BCUT2D eigenvalue weighted by Crippen LogP contribution is 2.14. The SMILES string of the molecule is Cc1ccc(S(=O)(=O)NCc2nc(-c3ccncc3)n[nH]2)cc1.O=C(O)C(F)(F)F. The van der Waals surface area contributed by atoms with Gasteiger partial charge < -0.3 is 5.11 Å². The zero-order valence-electron chi connectivity index (χ0n) is 15.4. The number of carboxylic acid groups (broad SMARTS) is 1. The number of aliphatic carboxylic acids is 1. The van der Waals surface area contributed by atoms with Gasteiger partial charge in [0.25, 0.3) is 0 Å². The summed E-state index contributed by atoms with van der Waals surface area (Å²) in [5.74, 6) is -1.82. The number of pyridine rings is 1. The maximum atomic E-state index is 12.2. The van der Waals surface area contributed by atoms with Gasteiger partial charge in [0.2, 0.25) is 10.0 Å². The Morgan fingerprint density at radius 3 is 2.23 bits per heavy atom. The van der Waals surface area contributed by atoms with Crippen LogP contribution in [0.2, 0.25) is 0 Å². The van der Waals surface area contributed by atoms with Gasteiger partial charge in [0.05, 0.1) is 11.4 Å². The molecule has 0 saturated carbocycles. The minimum absolute atomic E-state index is 0.0360. The van der Waals surface area contributed by atoms with Crippen molar-refractivity contribution in [3.8, 4) is 11.4 Å². The molecule has 0 aliphatic carbocycles. The molecule has 30 heavy (non-hydrogen) atoms. The summed E-state index contributed by atoms with van der Waals surface area (Å²) in [7, 11) is -3.58. The Hall–Kier alpha value is -3.32. The number of halogens is 3. The molecule has 2 heterocycles. The van der Waals surface area contributed by atoms with Gasteiger partial charge in [-0.3, -0.25) is 10.1 Å². The van der Waals surface area contributed by atoms with Crippen LogP contribution in [0, 0.1) is 6.92 Å². The van der Waals surface area contributed by atoms with E-state index >= 15 is 0 Å². The number of carbonyl (C=O) groups is 1. The lowest BCUT2D eigenvalue weighted by atomic mass is 10.2. The summed E-state index contributed by atoms with van der Waals surface area (Å²) in [6, 6.07) is 10.2. The number of benzene rings is 1. The summed E-state index contributed by atoms with van der Waals surface area (Å²) in [4.78, 5) is 17.3. The minimum Gasteiger partial charge on any atom is -0.475 e. The Labute approximate surface area is 169 Å². The monoisotopic (exact) mass is 443 g/mol. The molecule has 0 bridgehead atoms. The van der Waals surface area contributed by atoms with Gasteiger partial charge in [0, 0.05) is 18.0 Å². The first-order chi connectivity index (χ1) is 14.0. The van der Waals surface area contributed by atoms with Crippen molar-refractivity contribution in [2.75, 3.05) is 0 Å². The number of hydrogen-bond acceptors (Lipinski definition) is 6. The van der Waals surface area contributed by atoms with E-state index in [-0.39, 0.29) is 11.4 Å². The van der Waals surface area contributed by atoms with Crippen molar-refractivity contribution in [1.82, 2.24) is 24.9 Å². The van der Waals surface area contributed by atoms with Crippen LogP contribution in [0.15, 0.2) is 53.7 Å². The summed E-state index contributed by atoms with van der Waals surface area (Å²) in [5.41, 5.74) is 1.81. The fraction of sp³-hybridized carbons (Fsp3) is 0.176. The highest BCUT2D eigenvalue weighted by atomic mass is 32.2. The van der Waals surface area contributed by atoms with E-state index in [0.717, 1.165) is 11.1 Å². The molecule has 0 radical (unpaired) electrons. The standard InChI is InChI=1S/C15H15N5O2S.C2HF3O2/c1-11-2-4-13(5-3-11)23(21,22)17-10-14-18-15(20-19-14)12-6-8-16-9-7-12;3-2(4,5)1(6)7/h2-9,17H,10H2,1H3,(H,18,19,20);(H,6,7). The van der Waals surface area contributed by atoms with Gasteiger partial charge in [-0.15, -0.1) is 0 Å². The third kappa shape index (κ3) is 6.63. The van der Waals surface area contributed by atoms with Crippen LogP contribution in [0.4, 0.5) is 13.2 Å². The third-order valence-corrected chi connectivity index (χ3v) is 4.89. The molecule has 0 atom stereocenters. The molecule has 3 N–H and O–H groups in total. The Balaban J connectivity index is 0.000000396. The second kappa shape index (κ2) is 9.45. The molecule has 13 heteroatoms. The van der Waals surface area contributed by atoms with Crippen LogP contribution in [0.3, 0.4) is 0 Å². The molecule has 3 aromatic rings. The fourth-order valence-corrected chi connectivity index (χ4v) is 2.96. The number of aryl methyl sites for hydroxylation is 1. The van der Waals surface area contributed by atoms with E-state index in [1.54, 1.807) is 48.8 Å². The number of alkyl halides is 3. The maximum absolute atomic E-state index is 12.2. The molecule has 1 aromatic carbocycles. The van der Waals surface area contributed by atoms with Gasteiger partial charge in [0.1, 0.15) is 5.82 Å². The van der Waals surface area contributed by atoms with Gasteiger partial charge in [-0.25, -0.2) is 22.9 Å². The molecule has 9 nitrogen and oxygen atoms in total. The Morgan fingerprint density at radius 1 is 1.13 bits per heavy atom. The zero-order chi connectivity index (χ0) is 22.4. The number of nitrogens with zero attached hydrogens (tertiary/aromatic N) is 3. The molecule has 0 fully saturated rings. The fourth-order valence-electron chi connectivity index (χ4n) is 1.97. The first-order valence-electron chi connectivity index (χ1n) is 8.17. The van der Waals surface area contributed by atoms with Gasteiger partial charge in [-0.1, -0.05) is 17.7 Å². The number of rotatable bonds is 5. The van der Waals surface area contributed by atoms with Crippen molar-refractivity contribution < 1.29 is 31.5 Å². The second-order valence-corrected chi connectivity index (χ2v) is 7.55. The number of nitrogens with one attached hydrogen (secondary N) is 2. The van der Waals surface area contributed by atoms with Gasteiger partial charge in [-0.05, 0) is 31.2 Å². The van der Waals surface area contributed by atoms with Crippen molar-refractivity contribution in [3.05, 3.63) is 60.2 Å². The van der Waals surface area contributed by atoms with Crippen molar-refractivity contribution >= 4 is 16.0 Å². The Bertz CT molecular complexity index is 1080. The van der Waals surface area contributed by atoms with Crippen LogP contribution >= 0.6 is 0 Å². The number of aromatic nitrogens is 4. The first-order valence-corrected chi connectivity index (χ1v) is 9.65. The number of carboxylic acids is 1. The quantitative estimate of drug-likeness (QED) is 0.550. The van der Waals surface area contributed by atoms with Crippen LogP contribution < -0.4 is 4.72 Å². The van der Waals surface area contributed by atoms with E-state index in [1.807, 2.05) is 6.92 Å². The lowest BCUT2D eigenvalue weighted by Crippen LogP contribution is -2.23.